The van der Waals surface area contributed by atoms with Crippen LogP contribution in [0, 0.1) is 10.1 Å². The summed E-state index contributed by atoms with van der Waals surface area (Å²) in [5.41, 5.74) is 0.151. The molecule has 0 aliphatic rings. The summed E-state index contributed by atoms with van der Waals surface area (Å²) in [5, 5.41) is 29.3. The summed E-state index contributed by atoms with van der Waals surface area (Å²) in [5.74, 6) is -0.780. The van der Waals surface area contributed by atoms with Crippen LogP contribution in [0.15, 0.2) is 23.9 Å². The van der Waals surface area contributed by atoms with Gasteiger partial charge in [0, 0.05) is 18.9 Å². The fourth-order valence-electron chi connectivity index (χ4n) is 2.34. The third kappa shape index (κ3) is 13.9. The van der Waals surface area contributed by atoms with Gasteiger partial charge in [-0.3, -0.25) is 14.9 Å². The Morgan fingerprint density at radius 3 is 2.29 bits per heavy atom. The van der Waals surface area contributed by atoms with Gasteiger partial charge in [0.2, 0.25) is 5.70 Å². The Morgan fingerprint density at radius 2 is 1.71 bits per heavy atom. The molecule has 0 bridgehead atoms. The van der Waals surface area contributed by atoms with Crippen LogP contribution < -0.4 is 0 Å². The summed E-state index contributed by atoms with van der Waals surface area (Å²) >= 11 is 0. The molecule has 0 aromatic heterocycles. The summed E-state index contributed by atoms with van der Waals surface area (Å²) in [6, 6.07) is 0. The SMILES string of the molecule is CCCCCC(O)/C=C/C=C(\CCCCCCCC(=O)O)[N+](=O)[O-]. The Bertz CT molecular complexity index is 418. The van der Waals surface area contributed by atoms with Gasteiger partial charge in [-0.15, -0.1) is 0 Å². The molecule has 1 atom stereocenters. The Morgan fingerprint density at radius 1 is 1.08 bits per heavy atom. The van der Waals surface area contributed by atoms with Crippen LogP contribution in [0.3, 0.4) is 0 Å². The number of nitrogens with zero attached hydrogens (tertiary/aromatic N) is 1. The Labute approximate surface area is 144 Å². The monoisotopic (exact) mass is 341 g/mol. The van der Waals surface area contributed by atoms with E-state index in [-0.39, 0.29) is 17.0 Å². The molecule has 6 nitrogen and oxygen atoms in total. The minimum Gasteiger partial charge on any atom is -0.481 e. The van der Waals surface area contributed by atoms with Crippen LogP contribution in [0.2, 0.25) is 0 Å². The maximum absolute atomic E-state index is 11.0. The lowest BCUT2D eigenvalue weighted by atomic mass is 10.1. The van der Waals surface area contributed by atoms with Crippen LogP contribution in [-0.4, -0.2) is 27.2 Å². The molecule has 6 heteroatoms. The summed E-state index contributed by atoms with van der Waals surface area (Å²) in [4.78, 5) is 21.0. The maximum Gasteiger partial charge on any atom is 0.303 e. The number of allylic oxidation sites excluding steroid dienone is 3. The Balaban J connectivity index is 4.02. The average molecular weight is 341 g/mol. The first-order valence-corrected chi connectivity index (χ1v) is 8.89. The lowest BCUT2D eigenvalue weighted by molar-refractivity contribution is -0.428. The van der Waals surface area contributed by atoms with Gasteiger partial charge in [-0.25, -0.2) is 0 Å². The summed E-state index contributed by atoms with van der Waals surface area (Å²) in [7, 11) is 0. The van der Waals surface area contributed by atoms with E-state index >= 15 is 0 Å². The number of rotatable bonds is 15. The largest absolute Gasteiger partial charge is 0.481 e. The van der Waals surface area contributed by atoms with Gasteiger partial charge in [0.1, 0.15) is 0 Å². The molecule has 1 unspecified atom stereocenters. The third-order valence-electron chi connectivity index (χ3n) is 3.78. The zero-order chi connectivity index (χ0) is 18.2. The van der Waals surface area contributed by atoms with Crippen molar-refractivity contribution in [2.75, 3.05) is 0 Å². The molecular weight excluding hydrogens is 310 g/mol. The van der Waals surface area contributed by atoms with Gasteiger partial charge in [-0.2, -0.15) is 0 Å². The van der Waals surface area contributed by atoms with E-state index in [1.165, 1.54) is 6.08 Å². The molecule has 0 amide bonds. The normalized spacial score (nSPS) is 13.3. The standard InChI is InChI=1S/C18H31NO5/c1-2-3-7-13-17(20)14-10-12-16(19(23)24)11-8-5-4-6-9-15-18(21)22/h10,12,14,17,20H,2-9,11,13,15H2,1H3,(H,21,22)/b14-10+,16-12+. The lowest BCUT2D eigenvalue weighted by Crippen LogP contribution is -2.02. The molecule has 0 saturated heterocycles. The number of nitro groups is 1. The van der Waals surface area contributed by atoms with E-state index in [0.29, 0.717) is 25.7 Å². The van der Waals surface area contributed by atoms with E-state index < -0.39 is 12.1 Å². The van der Waals surface area contributed by atoms with Crippen LogP contribution in [-0.2, 0) is 4.79 Å². The van der Waals surface area contributed by atoms with E-state index in [9.17, 15) is 20.0 Å². The molecular formula is C18H31NO5. The van der Waals surface area contributed by atoms with Crippen LogP contribution in [0.4, 0.5) is 0 Å². The number of aliphatic hydroxyl groups is 1. The zero-order valence-corrected chi connectivity index (χ0v) is 14.7. The van der Waals surface area contributed by atoms with E-state index in [0.717, 1.165) is 38.5 Å². The predicted octanol–water partition coefficient (Wildman–Crippen LogP) is 4.46. The van der Waals surface area contributed by atoms with E-state index in [1.54, 1.807) is 12.2 Å². The van der Waals surface area contributed by atoms with Gasteiger partial charge in [0.05, 0.1) is 11.0 Å². The first-order chi connectivity index (χ1) is 11.5. The molecule has 0 aliphatic heterocycles. The topological polar surface area (TPSA) is 101 Å². The Hall–Kier alpha value is -1.69. The maximum atomic E-state index is 11.0. The minimum atomic E-state index is -0.780. The Kier molecular flexibility index (Phi) is 13.8. The second-order valence-corrected chi connectivity index (χ2v) is 6.02. The fourth-order valence-corrected chi connectivity index (χ4v) is 2.34. The van der Waals surface area contributed by atoms with Gasteiger partial charge in [0.15, 0.2) is 0 Å². The molecule has 2 N–H and O–H groups in total. The van der Waals surface area contributed by atoms with E-state index in [2.05, 4.69) is 6.92 Å². The van der Waals surface area contributed by atoms with Crippen LogP contribution in [0.25, 0.3) is 0 Å². The van der Waals surface area contributed by atoms with Crippen molar-refractivity contribution < 1.29 is 19.9 Å². The van der Waals surface area contributed by atoms with Crippen molar-refractivity contribution in [3.05, 3.63) is 34.0 Å². The number of carboxylic acids is 1. The van der Waals surface area contributed by atoms with Crippen molar-refractivity contribution in [3.8, 4) is 0 Å². The minimum absolute atomic E-state index is 0.151. The number of aliphatic carboxylic acids is 1. The second kappa shape index (κ2) is 14.9. The highest BCUT2D eigenvalue weighted by Crippen LogP contribution is 2.13. The highest BCUT2D eigenvalue weighted by molar-refractivity contribution is 5.66. The molecule has 0 aliphatic carbocycles. The molecule has 0 rings (SSSR count). The summed E-state index contributed by atoms with van der Waals surface area (Å²) < 4.78 is 0. The quantitative estimate of drug-likeness (QED) is 0.198. The number of unbranched alkanes of at least 4 members (excludes halogenated alkanes) is 6. The van der Waals surface area contributed by atoms with Crippen molar-refractivity contribution in [1.82, 2.24) is 0 Å². The van der Waals surface area contributed by atoms with Crippen LogP contribution in [0.1, 0.15) is 77.6 Å². The van der Waals surface area contributed by atoms with Crippen molar-refractivity contribution in [3.63, 3.8) is 0 Å². The number of carbonyl (C=O) groups is 1. The molecule has 0 saturated carbocycles. The molecule has 0 spiro atoms. The van der Waals surface area contributed by atoms with Crippen molar-refractivity contribution in [2.24, 2.45) is 0 Å². The molecule has 0 aromatic rings. The van der Waals surface area contributed by atoms with Crippen molar-refractivity contribution >= 4 is 5.97 Å². The number of hydrogen-bond donors (Lipinski definition) is 2. The number of carboxylic acid groups (broad SMARTS) is 1. The van der Waals surface area contributed by atoms with Crippen LogP contribution >= 0.6 is 0 Å². The van der Waals surface area contributed by atoms with Crippen molar-refractivity contribution in [2.45, 2.75) is 83.7 Å². The van der Waals surface area contributed by atoms with Crippen molar-refractivity contribution in [1.29, 1.82) is 0 Å². The van der Waals surface area contributed by atoms with E-state index in [1.807, 2.05) is 0 Å². The first kappa shape index (κ1) is 22.3. The van der Waals surface area contributed by atoms with Gasteiger partial charge >= 0.3 is 5.97 Å². The summed E-state index contributed by atoms with van der Waals surface area (Å²) in [6.45, 7) is 2.10. The van der Waals surface area contributed by atoms with E-state index in [4.69, 9.17) is 5.11 Å². The average Bonchev–Trinajstić information content (AvgIpc) is 2.51. The van der Waals surface area contributed by atoms with Gasteiger partial charge in [0.25, 0.3) is 0 Å². The number of aliphatic hydroxyl groups excluding tert-OH is 1. The first-order valence-electron chi connectivity index (χ1n) is 8.89. The smallest absolute Gasteiger partial charge is 0.303 e. The predicted molar refractivity (Wildman–Crippen MR) is 94.3 cm³/mol. The molecule has 138 valence electrons. The molecule has 0 aromatic carbocycles. The van der Waals surface area contributed by atoms with Gasteiger partial charge in [-0.05, 0) is 19.3 Å². The highest BCUT2D eigenvalue weighted by atomic mass is 16.6. The lowest BCUT2D eigenvalue weighted by Gasteiger charge is -2.03. The molecule has 0 radical (unpaired) electrons. The van der Waals surface area contributed by atoms with Gasteiger partial charge < -0.3 is 10.2 Å². The molecule has 0 heterocycles. The zero-order valence-electron chi connectivity index (χ0n) is 14.7. The van der Waals surface area contributed by atoms with Crippen LogP contribution in [0.5, 0.6) is 0 Å². The highest BCUT2D eigenvalue weighted by Gasteiger charge is 2.08. The fraction of sp³-hybridized carbons (Fsp3) is 0.722. The second-order valence-electron chi connectivity index (χ2n) is 6.02. The number of hydrogen-bond acceptors (Lipinski definition) is 4. The third-order valence-corrected chi connectivity index (χ3v) is 3.78. The molecule has 24 heavy (non-hydrogen) atoms. The molecule has 0 fully saturated rings. The van der Waals surface area contributed by atoms with Gasteiger partial charge in [-0.1, -0.05) is 57.6 Å². The summed E-state index contributed by atoms with van der Waals surface area (Å²) in [6.07, 6.45) is 12.4.